The second kappa shape index (κ2) is 7.45. The number of imide groups is 1. The molecule has 1 fully saturated rings. The Bertz CT molecular complexity index is 949. The fourth-order valence-electron chi connectivity index (χ4n) is 3.07. The number of urea groups is 1. The predicted octanol–water partition coefficient (Wildman–Crippen LogP) is 1.80. The molecule has 1 aliphatic heterocycles. The highest BCUT2D eigenvalue weighted by atomic mass is 32.1. The number of thiophene rings is 1. The molecule has 3 heterocycles. The summed E-state index contributed by atoms with van der Waals surface area (Å²) >= 11 is 1.59. The van der Waals surface area contributed by atoms with Crippen molar-refractivity contribution >= 4 is 33.4 Å². The first-order chi connectivity index (χ1) is 13.1. The number of fused-ring (bicyclic) bond motifs is 1. The number of methoxy groups -OCH3 is 1. The molecule has 0 unspecified atom stereocenters. The van der Waals surface area contributed by atoms with Crippen LogP contribution in [0.3, 0.4) is 0 Å². The van der Waals surface area contributed by atoms with Gasteiger partial charge < -0.3 is 10.1 Å². The summed E-state index contributed by atoms with van der Waals surface area (Å²) in [5, 5.41) is 11.9. The summed E-state index contributed by atoms with van der Waals surface area (Å²) in [6.45, 7) is 1.40. The highest BCUT2D eigenvalue weighted by molar-refractivity contribution is 7.19. The van der Waals surface area contributed by atoms with Gasteiger partial charge in [-0.15, -0.1) is 16.4 Å². The topological polar surface area (TPSA) is 89.4 Å². The van der Waals surface area contributed by atoms with Crippen LogP contribution in [0.2, 0.25) is 0 Å². The summed E-state index contributed by atoms with van der Waals surface area (Å²) in [6.07, 6.45) is 2.09. The lowest BCUT2D eigenvalue weighted by Gasteiger charge is -2.11. The van der Waals surface area contributed by atoms with Crippen LogP contribution in [0, 0.1) is 0 Å². The van der Waals surface area contributed by atoms with Crippen molar-refractivity contribution in [3.63, 3.8) is 0 Å². The quantitative estimate of drug-likeness (QED) is 0.627. The molecule has 0 bridgehead atoms. The average Bonchev–Trinajstić information content (AvgIpc) is 3.34. The molecule has 1 atom stereocenters. The minimum atomic E-state index is -0.612. The molecule has 0 radical (unpaired) electrons. The molecule has 0 spiro atoms. The molecule has 1 saturated heterocycles. The zero-order valence-corrected chi connectivity index (χ0v) is 15.6. The van der Waals surface area contributed by atoms with Gasteiger partial charge in [-0.3, -0.25) is 9.69 Å². The van der Waals surface area contributed by atoms with Gasteiger partial charge in [0.1, 0.15) is 6.04 Å². The summed E-state index contributed by atoms with van der Waals surface area (Å²) in [5.41, 5.74) is 0.661. The standard InChI is InChI=1S/C18H19N5O3S/c1-26-7-6-22-10-13(20-21-22)9-15-17(24)23(18(25)19-15)11-14-8-12-4-2-3-5-16(12)27-14/h2-5,8,10,15H,6-7,9,11H2,1H3,(H,19,25)/t15-/m1/s1. The maximum atomic E-state index is 12.7. The molecular weight excluding hydrogens is 366 g/mol. The van der Waals surface area contributed by atoms with E-state index in [0.717, 1.165) is 15.0 Å². The molecule has 1 aliphatic rings. The minimum absolute atomic E-state index is 0.233. The molecule has 140 valence electrons. The Morgan fingerprint density at radius 3 is 2.96 bits per heavy atom. The van der Waals surface area contributed by atoms with Crippen molar-refractivity contribution in [1.82, 2.24) is 25.2 Å². The van der Waals surface area contributed by atoms with Crippen LogP contribution in [0.4, 0.5) is 4.79 Å². The molecule has 8 nitrogen and oxygen atoms in total. The van der Waals surface area contributed by atoms with Crippen molar-refractivity contribution in [2.75, 3.05) is 13.7 Å². The van der Waals surface area contributed by atoms with Gasteiger partial charge in [-0.25, -0.2) is 9.48 Å². The first-order valence-corrected chi connectivity index (χ1v) is 9.43. The fraction of sp³-hybridized carbons (Fsp3) is 0.333. The maximum absolute atomic E-state index is 12.7. The second-order valence-corrected chi connectivity index (χ2v) is 7.52. The fourth-order valence-corrected chi connectivity index (χ4v) is 4.12. The number of aromatic nitrogens is 3. The van der Waals surface area contributed by atoms with Crippen LogP contribution in [-0.2, 0) is 29.0 Å². The van der Waals surface area contributed by atoms with Gasteiger partial charge in [-0.05, 0) is 17.5 Å². The largest absolute Gasteiger partial charge is 0.383 e. The Balaban J connectivity index is 1.43. The number of nitrogens with one attached hydrogen (secondary N) is 1. The smallest absolute Gasteiger partial charge is 0.325 e. The Kier molecular flexibility index (Phi) is 4.87. The van der Waals surface area contributed by atoms with Crippen molar-refractivity contribution in [2.24, 2.45) is 0 Å². The number of ether oxygens (including phenoxy) is 1. The molecule has 9 heteroatoms. The molecule has 4 rings (SSSR count). The van der Waals surface area contributed by atoms with Crippen LogP contribution in [0.25, 0.3) is 10.1 Å². The maximum Gasteiger partial charge on any atom is 0.325 e. The first-order valence-electron chi connectivity index (χ1n) is 8.61. The van der Waals surface area contributed by atoms with Crippen molar-refractivity contribution in [3.8, 4) is 0 Å². The Hall–Kier alpha value is -2.78. The summed E-state index contributed by atoms with van der Waals surface area (Å²) < 4.78 is 7.81. The number of benzene rings is 1. The molecule has 1 N–H and O–H groups in total. The van der Waals surface area contributed by atoms with Gasteiger partial charge in [0.25, 0.3) is 5.91 Å². The summed E-state index contributed by atoms with van der Waals surface area (Å²) in [6, 6.07) is 9.06. The van der Waals surface area contributed by atoms with E-state index in [-0.39, 0.29) is 18.5 Å². The van der Waals surface area contributed by atoms with Crippen LogP contribution in [0.1, 0.15) is 10.6 Å². The van der Waals surface area contributed by atoms with Crippen LogP contribution in [0.5, 0.6) is 0 Å². The van der Waals surface area contributed by atoms with E-state index in [1.54, 1.807) is 29.3 Å². The van der Waals surface area contributed by atoms with Crippen molar-refractivity contribution in [1.29, 1.82) is 0 Å². The second-order valence-electron chi connectivity index (χ2n) is 6.35. The SMILES string of the molecule is COCCn1cc(C[C@H]2NC(=O)N(Cc3cc4ccccc4s3)C2=O)nn1. The van der Waals surface area contributed by atoms with Crippen molar-refractivity contribution in [3.05, 3.63) is 47.1 Å². The van der Waals surface area contributed by atoms with E-state index in [4.69, 9.17) is 4.74 Å². The van der Waals surface area contributed by atoms with Crippen LogP contribution < -0.4 is 5.32 Å². The molecular formula is C18H19N5O3S. The third kappa shape index (κ3) is 3.69. The van der Waals surface area contributed by atoms with Gasteiger partial charge in [0.2, 0.25) is 0 Å². The van der Waals surface area contributed by atoms with Crippen LogP contribution in [0.15, 0.2) is 36.5 Å². The van der Waals surface area contributed by atoms with Gasteiger partial charge >= 0.3 is 6.03 Å². The van der Waals surface area contributed by atoms with E-state index >= 15 is 0 Å². The molecule has 27 heavy (non-hydrogen) atoms. The molecule has 1 aromatic carbocycles. The van der Waals surface area contributed by atoms with E-state index in [0.29, 0.717) is 25.3 Å². The third-order valence-corrected chi connectivity index (χ3v) is 5.52. The van der Waals surface area contributed by atoms with E-state index < -0.39 is 6.04 Å². The zero-order chi connectivity index (χ0) is 18.8. The van der Waals surface area contributed by atoms with Gasteiger partial charge in [0.15, 0.2) is 0 Å². The Labute approximate surface area is 159 Å². The van der Waals surface area contributed by atoms with E-state index in [1.165, 1.54) is 4.90 Å². The number of hydrogen-bond donors (Lipinski definition) is 1. The summed E-state index contributed by atoms with van der Waals surface area (Å²) in [4.78, 5) is 27.2. The van der Waals surface area contributed by atoms with Gasteiger partial charge in [-0.2, -0.15) is 0 Å². The van der Waals surface area contributed by atoms with Gasteiger partial charge in [0.05, 0.1) is 25.4 Å². The van der Waals surface area contributed by atoms with Crippen molar-refractivity contribution < 1.29 is 14.3 Å². The van der Waals surface area contributed by atoms with E-state index in [9.17, 15) is 9.59 Å². The highest BCUT2D eigenvalue weighted by Crippen LogP contribution is 2.27. The monoisotopic (exact) mass is 385 g/mol. The summed E-state index contributed by atoms with van der Waals surface area (Å²) in [7, 11) is 1.62. The normalized spacial score (nSPS) is 17.1. The molecule has 3 amide bonds. The lowest BCUT2D eigenvalue weighted by atomic mass is 10.1. The zero-order valence-electron chi connectivity index (χ0n) is 14.8. The lowest BCUT2D eigenvalue weighted by Crippen LogP contribution is -2.32. The van der Waals surface area contributed by atoms with Crippen LogP contribution >= 0.6 is 11.3 Å². The number of carbonyl (C=O) groups is 2. The molecule has 0 aliphatic carbocycles. The van der Waals surface area contributed by atoms with Crippen LogP contribution in [-0.4, -0.2) is 51.6 Å². The number of hydrogen-bond acceptors (Lipinski definition) is 6. The Morgan fingerprint density at radius 1 is 1.30 bits per heavy atom. The molecule has 2 aromatic heterocycles. The predicted molar refractivity (Wildman–Crippen MR) is 100 cm³/mol. The molecule has 0 saturated carbocycles. The number of carbonyl (C=O) groups excluding carboxylic acids is 2. The van der Waals surface area contributed by atoms with Gasteiger partial charge in [0, 0.05) is 29.3 Å². The lowest BCUT2D eigenvalue weighted by molar-refractivity contribution is -0.127. The highest BCUT2D eigenvalue weighted by Gasteiger charge is 2.38. The molecule has 3 aromatic rings. The number of rotatable bonds is 7. The Morgan fingerprint density at radius 2 is 2.15 bits per heavy atom. The number of nitrogens with zero attached hydrogens (tertiary/aromatic N) is 4. The number of amides is 3. The van der Waals surface area contributed by atoms with E-state index in [1.807, 2.05) is 30.3 Å². The average molecular weight is 385 g/mol. The third-order valence-electron chi connectivity index (χ3n) is 4.42. The van der Waals surface area contributed by atoms with Crippen molar-refractivity contribution in [2.45, 2.75) is 25.6 Å². The van der Waals surface area contributed by atoms with Gasteiger partial charge in [-0.1, -0.05) is 23.4 Å². The summed E-state index contributed by atoms with van der Waals surface area (Å²) in [5.74, 6) is -0.233. The van der Waals surface area contributed by atoms with E-state index in [2.05, 4.69) is 15.6 Å². The minimum Gasteiger partial charge on any atom is -0.383 e. The first kappa shape index (κ1) is 17.6.